The summed E-state index contributed by atoms with van der Waals surface area (Å²) in [5, 5.41) is 3.22. The lowest BCUT2D eigenvalue weighted by Crippen LogP contribution is -2.74. The van der Waals surface area contributed by atoms with Gasteiger partial charge < -0.3 is 0 Å². The summed E-state index contributed by atoms with van der Waals surface area (Å²) in [4.78, 5) is -2.47. The number of hydrogen-bond donors (Lipinski definition) is 0. The Morgan fingerprint density at radius 1 is 0.207 bits per heavy atom. The molecule has 4 aromatic rings. The van der Waals surface area contributed by atoms with E-state index in [4.69, 9.17) is 0 Å². The van der Waals surface area contributed by atoms with Crippen molar-refractivity contribution in [3.8, 4) is 0 Å². The summed E-state index contributed by atoms with van der Waals surface area (Å²) in [6.45, 7) is 0. The lowest BCUT2D eigenvalue weighted by atomic mass is 9.88. The molecule has 87 heavy (non-hydrogen) atoms. The molecular formula is C37H12F46S4. The molecule has 0 bridgehead atoms. The molecule has 0 radical (unpaired) electrons. The van der Waals surface area contributed by atoms with Crippen molar-refractivity contribution in [2.45, 2.75) is 125 Å². The summed E-state index contributed by atoms with van der Waals surface area (Å²) in [6, 6.07) is 3.16. The second kappa shape index (κ2) is 23.7. The van der Waals surface area contributed by atoms with Crippen molar-refractivity contribution in [1.29, 1.82) is 0 Å². The fourth-order valence-electron chi connectivity index (χ4n) is 5.00. The molecule has 0 saturated heterocycles. The SMILES string of the molecule is FC(F)(F)C(F)(F)C(F)(F)C(F)(F)C(F)(F)C(F)(F)C(F)(F)C(F)(F)c1ccsc1.FC(F)(F)C(F)(F)C(F)(F)C(F)(F)C(F)(F)C(F)(F)c1cccs1.FC(F)(F)C(F)(F)C(F)(F)C(F)(F)C(F)(F)C(F)(F)c1ccsc1.FC(F)(F)c1cccs1. The van der Waals surface area contributed by atoms with E-state index < -0.39 is 146 Å². The standard InChI is InChI=1S/C12H3F17S.2C10H3F13S.C5H3F3S/c13-5(14,4-1-2-30-3-4)6(15,16)7(17,18)8(19,20)9(21,22)10(23,24)11(25,26)12(27,28)29;11-5(12,4-1-2-24-3-4)6(13,14)7(15,16)8(17,18)9(19,20)10(21,22)23;11-5(12,4-2-1-3-24-4)6(13,14)7(15,16)8(17,18)9(19,20)10(21,22)23;6-5(7,8)4-2-1-3-9-4/h1-3H;2*1-3H;1-3H. The van der Waals surface area contributed by atoms with Crippen LogP contribution in [0.25, 0.3) is 0 Å². The molecule has 50 heteroatoms. The summed E-state index contributed by atoms with van der Waals surface area (Å²) < 4.78 is 588. The molecule has 0 amide bonds. The highest BCUT2D eigenvalue weighted by Crippen LogP contribution is 2.67. The molecule has 0 aliphatic rings. The smallest absolute Gasteiger partial charge is 0.194 e. The Kier molecular flexibility index (Phi) is 21.9. The molecule has 4 heterocycles. The van der Waals surface area contributed by atoms with Gasteiger partial charge in [0.2, 0.25) is 0 Å². The van der Waals surface area contributed by atoms with Gasteiger partial charge in [0.15, 0.2) is 0 Å². The average Bonchev–Trinajstić information content (AvgIpc) is 0.879. The Hall–Kier alpha value is -4.42. The Bertz CT molecular complexity index is 2680. The molecule has 0 aliphatic carbocycles. The fraction of sp³-hybridized carbons (Fsp3) is 0.568. The van der Waals surface area contributed by atoms with Gasteiger partial charge >= 0.3 is 125 Å². The van der Waals surface area contributed by atoms with Crippen LogP contribution in [-0.4, -0.2) is 101 Å². The van der Waals surface area contributed by atoms with Crippen molar-refractivity contribution >= 4 is 45.3 Å². The highest BCUT2D eigenvalue weighted by molar-refractivity contribution is 7.10. The largest absolute Gasteiger partial charge is 0.460 e. The molecule has 0 unspecified atom stereocenters. The summed E-state index contributed by atoms with van der Waals surface area (Å²) in [6.07, 6.45) is -26.7. The van der Waals surface area contributed by atoms with Crippen LogP contribution in [0.5, 0.6) is 0 Å². The normalized spacial score (nSPS) is 15.5. The lowest BCUT2D eigenvalue weighted by Gasteiger charge is -2.42. The second-order valence-corrected chi connectivity index (χ2v) is 19.2. The molecular weight excluding hydrogens is 1450 g/mol. The van der Waals surface area contributed by atoms with Crippen LogP contribution in [0, 0.1) is 0 Å². The third kappa shape index (κ3) is 12.8. The molecule has 0 aliphatic heterocycles. The number of rotatable bonds is 17. The first-order valence-corrected chi connectivity index (χ1v) is 23.1. The Morgan fingerprint density at radius 3 is 0.586 bits per heavy atom. The van der Waals surface area contributed by atoms with E-state index in [-0.39, 0.29) is 63.0 Å². The van der Waals surface area contributed by atoms with Crippen LogP contribution >= 0.6 is 45.3 Å². The van der Waals surface area contributed by atoms with E-state index in [9.17, 15) is 202 Å². The van der Waals surface area contributed by atoms with Crippen molar-refractivity contribution in [2.75, 3.05) is 0 Å². The van der Waals surface area contributed by atoms with Crippen LogP contribution in [0.1, 0.15) is 20.9 Å². The number of alkyl halides is 46. The van der Waals surface area contributed by atoms with Gasteiger partial charge in [-0.2, -0.15) is 225 Å². The summed E-state index contributed by atoms with van der Waals surface area (Å²) in [5.41, 5.74) is -4.15. The zero-order chi connectivity index (χ0) is 70.1. The Labute approximate surface area is 461 Å². The molecule has 0 N–H and O–H groups in total. The molecule has 4 rings (SSSR count). The van der Waals surface area contributed by atoms with E-state index in [0.717, 1.165) is 6.07 Å². The van der Waals surface area contributed by atoms with Gasteiger partial charge in [0.25, 0.3) is 0 Å². The lowest BCUT2D eigenvalue weighted by molar-refractivity contribution is -0.462. The minimum absolute atomic E-state index is 0.0628. The summed E-state index contributed by atoms with van der Waals surface area (Å²) >= 11 is 0.699. The van der Waals surface area contributed by atoms with E-state index >= 15 is 0 Å². The van der Waals surface area contributed by atoms with Gasteiger partial charge in [0, 0.05) is 21.9 Å². The van der Waals surface area contributed by atoms with Crippen molar-refractivity contribution < 1.29 is 202 Å². The quantitative estimate of drug-likeness (QED) is 0.0925. The maximum absolute atomic E-state index is 13.6. The first-order valence-electron chi connectivity index (χ1n) is 19.5. The highest BCUT2D eigenvalue weighted by Gasteiger charge is 2.96. The van der Waals surface area contributed by atoms with Crippen molar-refractivity contribution in [3.05, 3.63) is 89.6 Å². The van der Waals surface area contributed by atoms with E-state index in [0.29, 0.717) is 33.5 Å². The van der Waals surface area contributed by atoms with Crippen molar-refractivity contribution in [1.82, 2.24) is 0 Å². The maximum atomic E-state index is 13.6. The van der Waals surface area contributed by atoms with Crippen LogP contribution in [0.3, 0.4) is 0 Å². The minimum atomic E-state index is -8.60. The van der Waals surface area contributed by atoms with E-state index in [2.05, 4.69) is 0 Å². The topological polar surface area (TPSA) is 0 Å². The van der Waals surface area contributed by atoms with Crippen LogP contribution < -0.4 is 0 Å². The average molecular weight is 1460 g/mol. The highest BCUT2D eigenvalue weighted by atomic mass is 32.1. The van der Waals surface area contributed by atoms with Crippen molar-refractivity contribution in [2.24, 2.45) is 0 Å². The molecule has 506 valence electrons. The first-order chi connectivity index (χ1) is 37.7. The Morgan fingerprint density at radius 2 is 0.414 bits per heavy atom. The number of hydrogen-bond acceptors (Lipinski definition) is 4. The number of thiophene rings is 4. The third-order valence-corrected chi connectivity index (χ3v) is 13.2. The minimum Gasteiger partial charge on any atom is -0.194 e. The summed E-state index contributed by atoms with van der Waals surface area (Å²) in [5.74, 6) is -130. The van der Waals surface area contributed by atoms with E-state index in [1.165, 1.54) is 11.4 Å². The number of halogens is 46. The van der Waals surface area contributed by atoms with E-state index in [1.807, 2.05) is 0 Å². The monoisotopic (exact) mass is 1460 g/mol. The zero-order valence-electron chi connectivity index (χ0n) is 38.4. The van der Waals surface area contributed by atoms with Gasteiger partial charge in [-0.15, -0.1) is 22.7 Å². The zero-order valence-corrected chi connectivity index (χ0v) is 41.7. The van der Waals surface area contributed by atoms with Crippen LogP contribution in [-0.2, 0) is 23.9 Å². The van der Waals surface area contributed by atoms with Gasteiger partial charge in [-0.25, -0.2) is 0 Å². The molecule has 0 fully saturated rings. The predicted octanol–water partition coefficient (Wildman–Crippen LogP) is 21.9. The fourth-order valence-corrected chi connectivity index (χ4v) is 7.69. The van der Waals surface area contributed by atoms with E-state index in [1.54, 1.807) is 0 Å². The van der Waals surface area contributed by atoms with Gasteiger partial charge in [-0.3, -0.25) is 0 Å². The molecule has 0 aromatic carbocycles. The van der Waals surface area contributed by atoms with Crippen molar-refractivity contribution in [3.63, 3.8) is 0 Å². The van der Waals surface area contributed by atoms with Crippen LogP contribution in [0.2, 0.25) is 0 Å². The molecule has 0 atom stereocenters. The maximum Gasteiger partial charge on any atom is 0.460 e. The van der Waals surface area contributed by atoms with Crippen LogP contribution in [0.15, 0.2) is 68.7 Å². The summed E-state index contributed by atoms with van der Waals surface area (Å²) in [7, 11) is 0. The van der Waals surface area contributed by atoms with Gasteiger partial charge in [0.05, 0.1) is 4.88 Å². The first kappa shape index (κ1) is 80.6. The second-order valence-electron chi connectivity index (χ2n) is 15.7. The van der Waals surface area contributed by atoms with Gasteiger partial charge in [0.1, 0.15) is 4.88 Å². The Balaban J connectivity index is 0.000000611. The predicted molar refractivity (Wildman–Crippen MR) is 201 cm³/mol. The molecule has 0 spiro atoms. The third-order valence-electron chi connectivity index (χ3n) is 9.99. The molecule has 0 nitrogen and oxygen atoms in total. The molecule has 0 saturated carbocycles. The molecule has 4 aromatic heterocycles. The van der Waals surface area contributed by atoms with Gasteiger partial charge in [-0.05, 0) is 45.8 Å². The van der Waals surface area contributed by atoms with Gasteiger partial charge in [-0.1, -0.05) is 12.1 Å². The van der Waals surface area contributed by atoms with Crippen LogP contribution in [0.4, 0.5) is 202 Å².